The molecule has 1 aromatic carbocycles. The summed E-state index contributed by atoms with van der Waals surface area (Å²) in [5.41, 5.74) is 0.863. The summed E-state index contributed by atoms with van der Waals surface area (Å²) in [5.74, 6) is -1.29. The molecule has 1 heterocycles. The number of carbonyl (C=O) groups excluding carboxylic acids is 1. The minimum atomic E-state index is -0.673. The molecule has 0 N–H and O–H groups in total. The number of methoxy groups -OCH3 is 1. The van der Waals surface area contributed by atoms with Gasteiger partial charge in [-0.15, -0.1) is 0 Å². The predicted molar refractivity (Wildman–Crippen MR) is 71.0 cm³/mol. The van der Waals surface area contributed by atoms with Crippen LogP contribution in [0.5, 0.6) is 0 Å². The molecule has 0 radical (unpaired) electrons. The molecule has 0 spiro atoms. The molecular formula is C13H8Cl2FNO2. The number of ether oxygens (including phenoxy) is 1. The fraction of sp³-hybridized carbons (Fsp3) is 0.0769. The van der Waals surface area contributed by atoms with Crippen molar-refractivity contribution in [2.24, 2.45) is 0 Å². The van der Waals surface area contributed by atoms with Crippen LogP contribution in [0.25, 0.3) is 11.3 Å². The Hall–Kier alpha value is -1.65. The van der Waals surface area contributed by atoms with Gasteiger partial charge in [-0.3, -0.25) is 4.98 Å². The van der Waals surface area contributed by atoms with Crippen LogP contribution in [0.15, 0.2) is 30.5 Å². The summed E-state index contributed by atoms with van der Waals surface area (Å²) in [6, 6.07) is 5.83. The largest absolute Gasteiger partial charge is 0.465 e. The lowest BCUT2D eigenvalue weighted by Crippen LogP contribution is -2.06. The molecule has 2 aromatic rings. The molecule has 0 fully saturated rings. The molecule has 0 aliphatic carbocycles. The van der Waals surface area contributed by atoms with Gasteiger partial charge in [0.25, 0.3) is 0 Å². The molecule has 2 rings (SSSR count). The van der Waals surface area contributed by atoms with Gasteiger partial charge in [0.15, 0.2) is 0 Å². The summed E-state index contributed by atoms with van der Waals surface area (Å²) < 4.78 is 17.8. The highest BCUT2D eigenvalue weighted by molar-refractivity contribution is 6.42. The first kappa shape index (κ1) is 13.8. The van der Waals surface area contributed by atoms with Crippen LogP contribution in [0.3, 0.4) is 0 Å². The van der Waals surface area contributed by atoms with Crippen LogP contribution < -0.4 is 0 Å². The SMILES string of the molecule is COC(=O)c1cc(F)cnc1-c1ccc(Cl)c(Cl)c1. The average Bonchev–Trinajstić information content (AvgIpc) is 2.41. The Morgan fingerprint density at radius 3 is 2.63 bits per heavy atom. The molecule has 0 saturated heterocycles. The minimum Gasteiger partial charge on any atom is -0.465 e. The highest BCUT2D eigenvalue weighted by Crippen LogP contribution is 2.29. The van der Waals surface area contributed by atoms with Crippen molar-refractivity contribution in [3.63, 3.8) is 0 Å². The van der Waals surface area contributed by atoms with Gasteiger partial charge in [-0.2, -0.15) is 0 Å². The van der Waals surface area contributed by atoms with Crippen LogP contribution in [0.1, 0.15) is 10.4 Å². The molecule has 0 aliphatic heterocycles. The van der Waals surface area contributed by atoms with Crippen molar-refractivity contribution in [1.82, 2.24) is 4.98 Å². The number of pyridine rings is 1. The van der Waals surface area contributed by atoms with Crippen molar-refractivity contribution >= 4 is 29.2 Å². The molecule has 6 heteroatoms. The summed E-state index contributed by atoms with van der Waals surface area (Å²) in [6.07, 6.45) is 1.02. The van der Waals surface area contributed by atoms with Crippen molar-refractivity contribution in [1.29, 1.82) is 0 Å². The van der Waals surface area contributed by atoms with Crippen LogP contribution >= 0.6 is 23.2 Å². The van der Waals surface area contributed by atoms with Gasteiger partial charge >= 0.3 is 5.97 Å². The highest BCUT2D eigenvalue weighted by Gasteiger charge is 2.16. The first-order valence-corrected chi connectivity index (χ1v) is 5.98. The van der Waals surface area contributed by atoms with Crippen LogP contribution in [-0.4, -0.2) is 18.1 Å². The van der Waals surface area contributed by atoms with Gasteiger partial charge in [-0.25, -0.2) is 9.18 Å². The molecule has 0 bridgehead atoms. The second kappa shape index (κ2) is 5.55. The number of hydrogen-bond donors (Lipinski definition) is 0. The quantitative estimate of drug-likeness (QED) is 0.787. The number of aromatic nitrogens is 1. The van der Waals surface area contributed by atoms with E-state index in [0.717, 1.165) is 12.3 Å². The number of halogens is 3. The van der Waals surface area contributed by atoms with E-state index in [1.165, 1.54) is 7.11 Å². The Kier molecular flexibility index (Phi) is 4.02. The summed E-state index contributed by atoms with van der Waals surface area (Å²) in [6.45, 7) is 0. The molecule has 19 heavy (non-hydrogen) atoms. The fourth-order valence-corrected chi connectivity index (χ4v) is 1.88. The van der Waals surface area contributed by atoms with Crippen LogP contribution in [0.4, 0.5) is 4.39 Å². The Balaban J connectivity index is 2.61. The minimum absolute atomic E-state index is 0.0286. The van der Waals surface area contributed by atoms with Gasteiger partial charge in [0.05, 0.1) is 34.6 Å². The number of benzene rings is 1. The van der Waals surface area contributed by atoms with E-state index in [9.17, 15) is 9.18 Å². The fourth-order valence-electron chi connectivity index (χ4n) is 1.58. The lowest BCUT2D eigenvalue weighted by molar-refractivity contribution is 0.0600. The summed E-state index contributed by atoms with van der Waals surface area (Å²) in [7, 11) is 1.21. The van der Waals surface area contributed by atoms with E-state index in [1.807, 2.05) is 0 Å². The smallest absolute Gasteiger partial charge is 0.340 e. The summed E-state index contributed by atoms with van der Waals surface area (Å²) >= 11 is 11.7. The molecule has 0 atom stereocenters. The Morgan fingerprint density at radius 2 is 2.00 bits per heavy atom. The van der Waals surface area contributed by atoms with Crippen molar-refractivity contribution in [2.45, 2.75) is 0 Å². The monoisotopic (exact) mass is 299 g/mol. The molecule has 0 amide bonds. The molecular weight excluding hydrogens is 292 g/mol. The molecule has 0 unspecified atom stereocenters. The van der Waals surface area contributed by atoms with Gasteiger partial charge < -0.3 is 4.74 Å². The summed E-state index contributed by atoms with van der Waals surface area (Å²) in [5, 5.41) is 0.702. The zero-order valence-corrected chi connectivity index (χ0v) is 11.3. The summed E-state index contributed by atoms with van der Waals surface area (Å²) in [4.78, 5) is 15.5. The average molecular weight is 300 g/mol. The van der Waals surface area contributed by atoms with E-state index >= 15 is 0 Å². The number of hydrogen-bond acceptors (Lipinski definition) is 3. The number of nitrogens with zero attached hydrogens (tertiary/aromatic N) is 1. The van der Waals surface area contributed by atoms with E-state index in [2.05, 4.69) is 9.72 Å². The Labute approximate surface area is 118 Å². The first-order chi connectivity index (χ1) is 9.02. The first-order valence-electron chi connectivity index (χ1n) is 5.22. The van der Waals surface area contributed by atoms with E-state index in [0.29, 0.717) is 15.6 Å². The van der Waals surface area contributed by atoms with E-state index in [1.54, 1.807) is 18.2 Å². The predicted octanol–water partition coefficient (Wildman–Crippen LogP) is 3.98. The van der Waals surface area contributed by atoms with Crippen LogP contribution in [-0.2, 0) is 4.74 Å². The maximum Gasteiger partial charge on any atom is 0.340 e. The third-order valence-electron chi connectivity index (χ3n) is 2.45. The topological polar surface area (TPSA) is 39.2 Å². The molecule has 0 saturated carbocycles. The molecule has 0 aliphatic rings. The molecule has 3 nitrogen and oxygen atoms in total. The third-order valence-corrected chi connectivity index (χ3v) is 3.19. The number of rotatable bonds is 2. The zero-order valence-electron chi connectivity index (χ0n) is 9.78. The molecule has 1 aromatic heterocycles. The lowest BCUT2D eigenvalue weighted by Gasteiger charge is -2.08. The molecule has 98 valence electrons. The Bertz CT molecular complexity index is 647. The third kappa shape index (κ3) is 2.85. The van der Waals surface area contributed by atoms with Crippen molar-refractivity contribution in [2.75, 3.05) is 7.11 Å². The highest BCUT2D eigenvalue weighted by atomic mass is 35.5. The van der Waals surface area contributed by atoms with Gasteiger partial charge in [0.2, 0.25) is 0 Å². The van der Waals surface area contributed by atoms with Gasteiger partial charge in [0.1, 0.15) is 5.82 Å². The van der Waals surface area contributed by atoms with Crippen LogP contribution in [0, 0.1) is 5.82 Å². The van der Waals surface area contributed by atoms with E-state index in [4.69, 9.17) is 23.2 Å². The standard InChI is InChI=1S/C13H8Cl2FNO2/c1-19-13(18)9-5-8(16)6-17-12(9)7-2-3-10(14)11(15)4-7/h2-6H,1H3. The number of carbonyl (C=O) groups is 1. The maximum atomic E-state index is 13.2. The van der Waals surface area contributed by atoms with Gasteiger partial charge in [0, 0.05) is 5.56 Å². The van der Waals surface area contributed by atoms with E-state index < -0.39 is 11.8 Å². The van der Waals surface area contributed by atoms with E-state index in [-0.39, 0.29) is 11.3 Å². The van der Waals surface area contributed by atoms with Crippen molar-refractivity contribution in [3.05, 3.63) is 51.9 Å². The van der Waals surface area contributed by atoms with Crippen molar-refractivity contribution < 1.29 is 13.9 Å². The van der Waals surface area contributed by atoms with Crippen LogP contribution in [0.2, 0.25) is 10.0 Å². The lowest BCUT2D eigenvalue weighted by atomic mass is 10.1. The normalized spacial score (nSPS) is 10.3. The number of esters is 1. The van der Waals surface area contributed by atoms with Crippen molar-refractivity contribution in [3.8, 4) is 11.3 Å². The second-order valence-corrected chi connectivity index (χ2v) is 4.48. The maximum absolute atomic E-state index is 13.2. The zero-order chi connectivity index (χ0) is 14.0. The van der Waals surface area contributed by atoms with Gasteiger partial charge in [-0.1, -0.05) is 29.3 Å². The Morgan fingerprint density at radius 1 is 1.26 bits per heavy atom. The van der Waals surface area contributed by atoms with Gasteiger partial charge in [-0.05, 0) is 18.2 Å². The second-order valence-electron chi connectivity index (χ2n) is 3.67.